The maximum Gasteiger partial charge on any atom is 0.175 e. The van der Waals surface area contributed by atoms with E-state index in [2.05, 4.69) is 20.8 Å². The summed E-state index contributed by atoms with van der Waals surface area (Å²) in [6.45, 7) is 8.45. The highest BCUT2D eigenvalue weighted by Crippen LogP contribution is 2.33. The first kappa shape index (κ1) is 8.42. The van der Waals surface area contributed by atoms with Crippen molar-refractivity contribution in [2.45, 2.75) is 33.1 Å². The maximum absolute atomic E-state index is 5.71. The van der Waals surface area contributed by atoms with Crippen LogP contribution >= 0.6 is 0 Å². The fraction of sp³-hybridized carbons (Fsp3) is 0.455. The highest BCUT2D eigenvalue weighted by Gasteiger charge is 2.24. The van der Waals surface area contributed by atoms with E-state index in [1.807, 2.05) is 13.0 Å². The standard InChI is InChI=1S/C11H14O2/c1-7-9-8(5-6-12-9)13-10(7)11(2,3)4/h5-6H,1-4H3. The Morgan fingerprint density at radius 2 is 1.92 bits per heavy atom. The van der Waals surface area contributed by atoms with Crippen molar-refractivity contribution in [1.29, 1.82) is 0 Å². The molecule has 2 aromatic heterocycles. The van der Waals surface area contributed by atoms with Gasteiger partial charge in [0.05, 0.1) is 6.26 Å². The lowest BCUT2D eigenvalue weighted by Crippen LogP contribution is -2.10. The molecule has 2 heterocycles. The van der Waals surface area contributed by atoms with Crippen LogP contribution in [0.1, 0.15) is 32.1 Å². The second-order valence-corrected chi connectivity index (χ2v) is 4.42. The number of furan rings is 2. The summed E-state index contributed by atoms with van der Waals surface area (Å²) in [4.78, 5) is 0. The molecule has 0 amide bonds. The lowest BCUT2D eigenvalue weighted by atomic mass is 9.91. The summed E-state index contributed by atoms with van der Waals surface area (Å²) < 4.78 is 11.0. The molecular formula is C11H14O2. The second-order valence-electron chi connectivity index (χ2n) is 4.42. The largest absolute Gasteiger partial charge is 0.461 e. The molecule has 0 bridgehead atoms. The lowest BCUT2D eigenvalue weighted by molar-refractivity contribution is 0.426. The van der Waals surface area contributed by atoms with Crippen LogP contribution in [0.4, 0.5) is 0 Å². The summed E-state index contributed by atoms with van der Waals surface area (Å²) in [7, 11) is 0. The topological polar surface area (TPSA) is 26.3 Å². The predicted octanol–water partition coefficient (Wildman–Crippen LogP) is 3.63. The highest BCUT2D eigenvalue weighted by atomic mass is 16.4. The summed E-state index contributed by atoms with van der Waals surface area (Å²) in [5.41, 5.74) is 2.89. The van der Waals surface area contributed by atoms with Crippen LogP contribution < -0.4 is 0 Å². The maximum atomic E-state index is 5.71. The number of hydrogen-bond acceptors (Lipinski definition) is 2. The van der Waals surface area contributed by atoms with Crippen molar-refractivity contribution in [3.63, 3.8) is 0 Å². The quantitative estimate of drug-likeness (QED) is 0.615. The van der Waals surface area contributed by atoms with Crippen molar-refractivity contribution in [2.24, 2.45) is 0 Å². The molecule has 0 spiro atoms. The van der Waals surface area contributed by atoms with Gasteiger partial charge < -0.3 is 8.83 Å². The van der Waals surface area contributed by atoms with E-state index in [9.17, 15) is 0 Å². The summed E-state index contributed by atoms with van der Waals surface area (Å²) in [5.74, 6) is 1.02. The van der Waals surface area contributed by atoms with Crippen LogP contribution in [0.5, 0.6) is 0 Å². The van der Waals surface area contributed by atoms with Gasteiger partial charge in [0, 0.05) is 17.0 Å². The van der Waals surface area contributed by atoms with Crippen LogP contribution in [0.2, 0.25) is 0 Å². The van der Waals surface area contributed by atoms with E-state index in [0.717, 1.165) is 22.5 Å². The van der Waals surface area contributed by atoms with Crippen LogP contribution in [0.15, 0.2) is 21.2 Å². The van der Waals surface area contributed by atoms with Crippen molar-refractivity contribution in [2.75, 3.05) is 0 Å². The first-order valence-electron chi connectivity index (χ1n) is 4.47. The molecule has 0 aliphatic carbocycles. The van der Waals surface area contributed by atoms with Crippen molar-refractivity contribution in [1.82, 2.24) is 0 Å². The minimum Gasteiger partial charge on any atom is -0.461 e. The average molecular weight is 178 g/mol. The Labute approximate surface area is 77.5 Å². The zero-order valence-corrected chi connectivity index (χ0v) is 8.47. The number of hydrogen-bond donors (Lipinski definition) is 0. The molecule has 0 aliphatic heterocycles. The summed E-state index contributed by atoms with van der Waals surface area (Å²) in [6.07, 6.45) is 1.66. The normalized spacial score (nSPS) is 12.6. The Morgan fingerprint density at radius 1 is 1.23 bits per heavy atom. The van der Waals surface area contributed by atoms with Gasteiger partial charge in [0.15, 0.2) is 11.2 Å². The van der Waals surface area contributed by atoms with Gasteiger partial charge >= 0.3 is 0 Å². The van der Waals surface area contributed by atoms with Crippen LogP contribution in [0.3, 0.4) is 0 Å². The third kappa shape index (κ3) is 1.17. The van der Waals surface area contributed by atoms with E-state index in [1.165, 1.54) is 0 Å². The molecule has 2 heteroatoms. The molecule has 0 atom stereocenters. The zero-order valence-electron chi connectivity index (χ0n) is 8.47. The molecule has 0 aromatic carbocycles. The Hall–Kier alpha value is -1.18. The van der Waals surface area contributed by atoms with Crippen LogP contribution in [-0.2, 0) is 5.41 Å². The van der Waals surface area contributed by atoms with Crippen molar-refractivity contribution in [3.05, 3.63) is 23.7 Å². The Kier molecular flexibility index (Phi) is 1.56. The molecule has 0 fully saturated rings. The van der Waals surface area contributed by atoms with Gasteiger partial charge in [-0.2, -0.15) is 0 Å². The van der Waals surface area contributed by atoms with Crippen molar-refractivity contribution in [3.8, 4) is 0 Å². The molecule has 2 rings (SSSR count). The van der Waals surface area contributed by atoms with Crippen molar-refractivity contribution < 1.29 is 8.83 Å². The summed E-state index contributed by atoms with van der Waals surface area (Å²) in [6, 6.07) is 1.86. The molecule has 0 aliphatic rings. The number of aryl methyl sites for hydroxylation is 1. The van der Waals surface area contributed by atoms with E-state index >= 15 is 0 Å². The molecule has 0 N–H and O–H groups in total. The fourth-order valence-corrected chi connectivity index (χ4v) is 1.66. The molecular weight excluding hydrogens is 164 g/mol. The van der Waals surface area contributed by atoms with Gasteiger partial charge in [0.1, 0.15) is 5.76 Å². The van der Waals surface area contributed by atoms with Gasteiger partial charge in [-0.05, 0) is 6.92 Å². The minimum absolute atomic E-state index is 0.0472. The van der Waals surface area contributed by atoms with E-state index in [4.69, 9.17) is 8.83 Å². The molecule has 0 unspecified atom stereocenters. The van der Waals surface area contributed by atoms with Gasteiger partial charge in [-0.1, -0.05) is 20.8 Å². The molecule has 13 heavy (non-hydrogen) atoms. The Bertz CT molecular complexity index is 426. The lowest BCUT2D eigenvalue weighted by Gasteiger charge is -2.15. The Balaban J connectivity index is 2.71. The van der Waals surface area contributed by atoms with E-state index in [1.54, 1.807) is 6.26 Å². The van der Waals surface area contributed by atoms with E-state index in [-0.39, 0.29) is 5.41 Å². The number of fused-ring (bicyclic) bond motifs is 1. The smallest absolute Gasteiger partial charge is 0.175 e. The third-order valence-corrected chi connectivity index (χ3v) is 2.20. The van der Waals surface area contributed by atoms with Crippen molar-refractivity contribution >= 4 is 11.2 Å². The molecule has 0 radical (unpaired) electrons. The van der Waals surface area contributed by atoms with Crippen LogP contribution in [0, 0.1) is 6.92 Å². The number of rotatable bonds is 0. The summed E-state index contributed by atoms with van der Waals surface area (Å²) >= 11 is 0. The molecule has 2 nitrogen and oxygen atoms in total. The Morgan fingerprint density at radius 3 is 2.46 bits per heavy atom. The second kappa shape index (κ2) is 2.41. The monoisotopic (exact) mass is 178 g/mol. The zero-order chi connectivity index (χ0) is 9.64. The van der Waals surface area contributed by atoms with E-state index < -0.39 is 0 Å². The van der Waals surface area contributed by atoms with Gasteiger partial charge in [-0.25, -0.2) is 0 Å². The first-order valence-corrected chi connectivity index (χ1v) is 4.47. The first-order chi connectivity index (χ1) is 6.00. The van der Waals surface area contributed by atoms with Gasteiger partial charge in [-0.15, -0.1) is 0 Å². The van der Waals surface area contributed by atoms with E-state index in [0.29, 0.717) is 0 Å². The van der Waals surface area contributed by atoms with Gasteiger partial charge in [0.25, 0.3) is 0 Å². The van der Waals surface area contributed by atoms with Gasteiger partial charge in [-0.3, -0.25) is 0 Å². The minimum atomic E-state index is 0.0472. The fourth-order valence-electron chi connectivity index (χ4n) is 1.66. The molecule has 0 saturated heterocycles. The molecule has 70 valence electrons. The highest BCUT2D eigenvalue weighted by molar-refractivity contribution is 5.76. The average Bonchev–Trinajstić information content (AvgIpc) is 2.51. The molecule has 0 saturated carbocycles. The predicted molar refractivity (Wildman–Crippen MR) is 51.9 cm³/mol. The van der Waals surface area contributed by atoms with Gasteiger partial charge in [0.2, 0.25) is 0 Å². The summed E-state index contributed by atoms with van der Waals surface area (Å²) in [5, 5.41) is 0. The molecule has 2 aromatic rings. The third-order valence-electron chi connectivity index (χ3n) is 2.20. The SMILES string of the molecule is Cc1c(C(C)(C)C)oc2ccoc12. The van der Waals surface area contributed by atoms with Crippen LogP contribution in [0.25, 0.3) is 11.2 Å². The van der Waals surface area contributed by atoms with Crippen LogP contribution in [-0.4, -0.2) is 0 Å².